The maximum atomic E-state index is 13.0. The number of hydrogen-bond acceptors (Lipinski definition) is 6. The van der Waals surface area contributed by atoms with Gasteiger partial charge in [-0.25, -0.2) is 9.59 Å². The number of esters is 2. The molecule has 1 saturated carbocycles. The number of epoxide rings is 1. The summed E-state index contributed by atoms with van der Waals surface area (Å²) in [5.74, 6) is 0.145. The smallest absolute Gasteiger partial charge is 0.338 e. The zero-order valence-electron chi connectivity index (χ0n) is 19.9. The number of benzene rings is 1. The van der Waals surface area contributed by atoms with Crippen LogP contribution in [0.5, 0.6) is 0 Å². The first-order valence-electron chi connectivity index (χ1n) is 12.2. The van der Waals surface area contributed by atoms with Gasteiger partial charge in [0, 0.05) is 18.4 Å². The minimum absolute atomic E-state index is 0.0855. The third-order valence-corrected chi connectivity index (χ3v) is 8.46. The fourth-order valence-electron chi connectivity index (χ4n) is 6.54. The Balaban J connectivity index is 1.44. The highest BCUT2D eigenvalue weighted by atomic mass is 16.7. The molecule has 3 aliphatic heterocycles. The fraction of sp³-hybridized carbons (Fsp3) is 0.630. The molecule has 0 N–H and O–H groups in total. The van der Waals surface area contributed by atoms with Gasteiger partial charge in [0.15, 0.2) is 6.10 Å². The van der Waals surface area contributed by atoms with Crippen molar-refractivity contribution in [3.8, 4) is 0 Å². The molecule has 1 aromatic rings. The number of carbonyl (C=O) groups excluding carboxylic acids is 2. The molecule has 6 nitrogen and oxygen atoms in total. The number of fused-ring (bicyclic) bond motifs is 4. The van der Waals surface area contributed by atoms with Crippen LogP contribution >= 0.6 is 0 Å². The Hall–Kier alpha value is -2.18. The number of ether oxygens (including phenoxy) is 4. The van der Waals surface area contributed by atoms with E-state index in [0.29, 0.717) is 18.9 Å². The highest BCUT2D eigenvalue weighted by Gasteiger charge is 2.72. The Morgan fingerprint density at radius 1 is 1.15 bits per heavy atom. The zero-order chi connectivity index (χ0) is 23.4. The molecule has 5 rings (SSSR count). The summed E-state index contributed by atoms with van der Waals surface area (Å²) in [5, 5.41) is 0. The van der Waals surface area contributed by atoms with E-state index in [0.717, 1.165) is 18.4 Å². The summed E-state index contributed by atoms with van der Waals surface area (Å²) < 4.78 is 24.2. The van der Waals surface area contributed by atoms with Gasteiger partial charge in [0.25, 0.3) is 0 Å². The predicted molar refractivity (Wildman–Crippen MR) is 122 cm³/mol. The lowest BCUT2D eigenvalue weighted by molar-refractivity contribution is -0.264. The molecule has 4 aliphatic rings. The summed E-state index contributed by atoms with van der Waals surface area (Å²) in [4.78, 5) is 25.5. The van der Waals surface area contributed by atoms with Crippen LogP contribution in [0.2, 0.25) is 0 Å². The maximum Gasteiger partial charge on any atom is 0.338 e. The highest BCUT2D eigenvalue weighted by molar-refractivity contribution is 5.87. The van der Waals surface area contributed by atoms with Gasteiger partial charge in [-0.15, -0.1) is 0 Å². The lowest BCUT2D eigenvalue weighted by Gasteiger charge is -2.52. The standard InChI is InChI=1S/C27H34O6/c1-16(2)27-14-21(31-25(29)20-15-30-20)26(4,33-27)19-12-10-17(3)23(19)24(27)32-22(28)13-11-18-8-6-5-7-9-18/h5-9,11,13,16-17,19-21,23-24H,10,12,14-15H2,1-4H3/b13-11+/t17-,19-,20?,21-,23-,24+,26+,27-/m1/s1. The van der Waals surface area contributed by atoms with E-state index in [1.54, 1.807) is 6.08 Å². The first kappa shape index (κ1) is 22.6. The summed E-state index contributed by atoms with van der Waals surface area (Å²) in [6.07, 6.45) is 4.62. The van der Waals surface area contributed by atoms with Gasteiger partial charge in [-0.3, -0.25) is 0 Å². The minimum atomic E-state index is -0.694. The number of hydrogen-bond donors (Lipinski definition) is 0. The molecular formula is C27H34O6. The normalized spacial score (nSPS) is 41.2. The molecule has 1 aliphatic carbocycles. The largest absolute Gasteiger partial charge is 0.457 e. The van der Waals surface area contributed by atoms with Gasteiger partial charge in [0.2, 0.25) is 0 Å². The van der Waals surface area contributed by atoms with Crippen LogP contribution in [-0.4, -0.2) is 48.1 Å². The van der Waals surface area contributed by atoms with Gasteiger partial charge in [-0.05, 0) is 49.2 Å². The maximum absolute atomic E-state index is 13.0. The molecule has 0 amide bonds. The van der Waals surface area contributed by atoms with Gasteiger partial charge in [0.05, 0.1) is 6.61 Å². The molecule has 33 heavy (non-hydrogen) atoms. The number of rotatable bonds is 6. The van der Waals surface area contributed by atoms with Gasteiger partial charge < -0.3 is 18.9 Å². The van der Waals surface area contributed by atoms with Crippen molar-refractivity contribution in [2.75, 3.05) is 6.61 Å². The van der Waals surface area contributed by atoms with Crippen molar-refractivity contribution >= 4 is 18.0 Å². The van der Waals surface area contributed by atoms with Crippen molar-refractivity contribution in [3.05, 3.63) is 42.0 Å². The summed E-state index contributed by atoms with van der Waals surface area (Å²) in [6.45, 7) is 8.97. The highest BCUT2D eigenvalue weighted by Crippen LogP contribution is 2.63. The van der Waals surface area contributed by atoms with E-state index in [2.05, 4.69) is 27.7 Å². The molecule has 0 spiro atoms. The zero-order valence-corrected chi connectivity index (χ0v) is 19.9. The second-order valence-corrected chi connectivity index (χ2v) is 10.7. The Kier molecular flexibility index (Phi) is 5.65. The average Bonchev–Trinajstić information content (AvgIpc) is 3.51. The molecular weight excluding hydrogens is 420 g/mol. The summed E-state index contributed by atoms with van der Waals surface area (Å²) in [5.41, 5.74) is -0.338. The van der Waals surface area contributed by atoms with Crippen molar-refractivity contribution in [1.82, 2.24) is 0 Å². The molecule has 178 valence electrons. The van der Waals surface area contributed by atoms with E-state index < -0.39 is 17.3 Å². The van der Waals surface area contributed by atoms with Crippen LogP contribution in [0.25, 0.3) is 6.08 Å². The molecule has 6 heteroatoms. The van der Waals surface area contributed by atoms with Gasteiger partial charge in [-0.1, -0.05) is 51.1 Å². The Morgan fingerprint density at radius 2 is 1.88 bits per heavy atom. The minimum Gasteiger partial charge on any atom is -0.457 e. The molecule has 3 saturated heterocycles. The van der Waals surface area contributed by atoms with Crippen molar-refractivity contribution in [2.24, 2.45) is 23.7 Å². The summed E-state index contributed by atoms with van der Waals surface area (Å²) >= 11 is 0. The topological polar surface area (TPSA) is 74.4 Å². The van der Waals surface area contributed by atoms with Crippen molar-refractivity contribution < 1.29 is 28.5 Å². The molecule has 3 heterocycles. The van der Waals surface area contributed by atoms with Crippen LogP contribution in [0.3, 0.4) is 0 Å². The second-order valence-electron chi connectivity index (χ2n) is 10.7. The lowest BCUT2D eigenvalue weighted by atomic mass is 9.69. The van der Waals surface area contributed by atoms with E-state index in [9.17, 15) is 9.59 Å². The second kappa shape index (κ2) is 8.24. The van der Waals surface area contributed by atoms with Crippen LogP contribution in [-0.2, 0) is 28.5 Å². The van der Waals surface area contributed by atoms with Gasteiger partial charge in [-0.2, -0.15) is 0 Å². The van der Waals surface area contributed by atoms with E-state index in [1.807, 2.05) is 30.3 Å². The van der Waals surface area contributed by atoms with E-state index in [-0.39, 0.29) is 41.9 Å². The van der Waals surface area contributed by atoms with Crippen molar-refractivity contribution in [2.45, 2.75) is 76.5 Å². The fourth-order valence-corrected chi connectivity index (χ4v) is 6.54. The van der Waals surface area contributed by atoms with E-state index in [1.165, 1.54) is 6.08 Å². The molecule has 8 atom stereocenters. The van der Waals surface area contributed by atoms with Crippen LogP contribution < -0.4 is 0 Å². The van der Waals surface area contributed by atoms with Crippen LogP contribution in [0.15, 0.2) is 36.4 Å². The van der Waals surface area contributed by atoms with E-state index in [4.69, 9.17) is 18.9 Å². The Morgan fingerprint density at radius 3 is 2.55 bits per heavy atom. The Labute approximate surface area is 195 Å². The molecule has 2 bridgehead atoms. The van der Waals surface area contributed by atoms with Crippen molar-refractivity contribution in [1.29, 1.82) is 0 Å². The van der Waals surface area contributed by atoms with Crippen LogP contribution in [0.1, 0.15) is 52.5 Å². The third-order valence-electron chi connectivity index (χ3n) is 8.46. The molecule has 1 unspecified atom stereocenters. The molecule has 4 fully saturated rings. The quantitative estimate of drug-likeness (QED) is 0.365. The molecule has 1 aromatic carbocycles. The van der Waals surface area contributed by atoms with Crippen LogP contribution in [0, 0.1) is 23.7 Å². The lowest BCUT2D eigenvalue weighted by Crippen LogP contribution is -2.62. The van der Waals surface area contributed by atoms with Gasteiger partial charge in [0.1, 0.15) is 23.4 Å². The SMILES string of the molecule is CC(C)[C@@]12C[C@@H](OC(=O)C3CO3)[C@@](C)(O1)[C@@H]1CC[C@@H](C)[C@H]1[C@@H]2OC(=O)/C=C/c1ccccc1. The predicted octanol–water partition coefficient (Wildman–Crippen LogP) is 4.17. The Bertz CT molecular complexity index is 937. The van der Waals surface area contributed by atoms with Gasteiger partial charge >= 0.3 is 11.9 Å². The third kappa shape index (κ3) is 3.81. The van der Waals surface area contributed by atoms with E-state index >= 15 is 0 Å². The summed E-state index contributed by atoms with van der Waals surface area (Å²) in [6, 6.07) is 9.71. The molecule has 0 aromatic heterocycles. The average molecular weight is 455 g/mol. The molecule has 0 radical (unpaired) electrons. The first-order chi connectivity index (χ1) is 15.7. The van der Waals surface area contributed by atoms with Crippen molar-refractivity contribution in [3.63, 3.8) is 0 Å². The summed E-state index contributed by atoms with van der Waals surface area (Å²) in [7, 11) is 0. The van der Waals surface area contributed by atoms with Crippen LogP contribution in [0.4, 0.5) is 0 Å². The first-order valence-corrected chi connectivity index (χ1v) is 12.2. The number of carbonyl (C=O) groups is 2. The monoisotopic (exact) mass is 454 g/mol.